The van der Waals surface area contributed by atoms with Gasteiger partial charge in [0, 0.05) is 31.9 Å². The minimum Gasteiger partial charge on any atom is -0.381 e. The highest BCUT2D eigenvalue weighted by Gasteiger charge is 2.30. The van der Waals surface area contributed by atoms with Gasteiger partial charge >= 0.3 is 0 Å². The highest BCUT2D eigenvalue weighted by Crippen LogP contribution is 2.24. The fraction of sp³-hybridized carbons (Fsp3) is 1.00. The summed E-state index contributed by atoms with van der Waals surface area (Å²) in [5.41, 5.74) is 0.0566. The summed E-state index contributed by atoms with van der Waals surface area (Å²) < 4.78 is 11.1. The van der Waals surface area contributed by atoms with Crippen LogP contribution in [0.25, 0.3) is 0 Å². The van der Waals surface area contributed by atoms with Crippen LogP contribution in [0.2, 0.25) is 0 Å². The summed E-state index contributed by atoms with van der Waals surface area (Å²) in [6.07, 6.45) is 4.61. The summed E-state index contributed by atoms with van der Waals surface area (Å²) in [5, 5.41) is 3.75. The van der Waals surface area contributed by atoms with Crippen molar-refractivity contribution in [1.82, 2.24) is 5.32 Å². The molecule has 1 unspecified atom stereocenters. The van der Waals surface area contributed by atoms with Crippen molar-refractivity contribution < 1.29 is 9.47 Å². The molecule has 3 nitrogen and oxygen atoms in total. The average Bonchev–Trinajstić information content (AvgIpc) is 2.17. The summed E-state index contributed by atoms with van der Waals surface area (Å²) in [7, 11) is 0. The second-order valence-electron chi connectivity index (χ2n) is 5.35. The van der Waals surface area contributed by atoms with E-state index in [-0.39, 0.29) is 5.60 Å². The maximum Gasteiger partial charge on any atom is 0.0641 e. The van der Waals surface area contributed by atoms with Crippen LogP contribution in [0.15, 0.2) is 0 Å². The molecule has 2 heterocycles. The van der Waals surface area contributed by atoms with Crippen LogP contribution in [0.5, 0.6) is 0 Å². The summed E-state index contributed by atoms with van der Waals surface area (Å²) in [4.78, 5) is 0. The van der Waals surface area contributed by atoms with E-state index in [0.717, 1.165) is 45.5 Å². The largest absolute Gasteiger partial charge is 0.381 e. The molecule has 88 valence electrons. The number of hydrogen-bond acceptors (Lipinski definition) is 3. The zero-order valence-electron chi connectivity index (χ0n) is 9.92. The monoisotopic (exact) mass is 213 g/mol. The molecule has 1 N–H and O–H groups in total. The lowest BCUT2D eigenvalue weighted by molar-refractivity contribution is -0.0658. The Kier molecular flexibility index (Phi) is 3.65. The SMILES string of the molecule is CC1(C)CC(NC2CCOCC2)CCO1. The van der Waals surface area contributed by atoms with Gasteiger partial charge in [0.1, 0.15) is 0 Å². The van der Waals surface area contributed by atoms with E-state index >= 15 is 0 Å². The molecule has 2 fully saturated rings. The molecular weight excluding hydrogens is 190 g/mol. The molecule has 2 rings (SSSR count). The summed E-state index contributed by atoms with van der Waals surface area (Å²) in [6, 6.07) is 1.30. The van der Waals surface area contributed by atoms with Gasteiger partial charge in [0.05, 0.1) is 5.60 Å². The highest BCUT2D eigenvalue weighted by atomic mass is 16.5. The van der Waals surface area contributed by atoms with Crippen molar-refractivity contribution in [2.24, 2.45) is 0 Å². The van der Waals surface area contributed by atoms with E-state index in [1.54, 1.807) is 0 Å². The lowest BCUT2D eigenvalue weighted by Crippen LogP contribution is -2.48. The molecule has 2 aliphatic heterocycles. The van der Waals surface area contributed by atoms with Gasteiger partial charge < -0.3 is 14.8 Å². The van der Waals surface area contributed by atoms with Gasteiger partial charge in [0.15, 0.2) is 0 Å². The van der Waals surface area contributed by atoms with Crippen LogP contribution in [0.4, 0.5) is 0 Å². The van der Waals surface area contributed by atoms with Crippen LogP contribution in [0.1, 0.15) is 39.5 Å². The third kappa shape index (κ3) is 3.44. The summed E-state index contributed by atoms with van der Waals surface area (Å²) in [5.74, 6) is 0. The van der Waals surface area contributed by atoms with Crippen LogP contribution in [0, 0.1) is 0 Å². The van der Waals surface area contributed by atoms with Crippen molar-refractivity contribution in [3.63, 3.8) is 0 Å². The third-order valence-electron chi connectivity index (χ3n) is 3.39. The van der Waals surface area contributed by atoms with Crippen molar-refractivity contribution in [2.75, 3.05) is 19.8 Å². The Balaban J connectivity index is 1.78. The van der Waals surface area contributed by atoms with E-state index in [9.17, 15) is 0 Å². The van der Waals surface area contributed by atoms with Gasteiger partial charge in [0.2, 0.25) is 0 Å². The molecule has 0 spiro atoms. The quantitative estimate of drug-likeness (QED) is 0.757. The Labute approximate surface area is 92.5 Å². The molecule has 2 aliphatic rings. The van der Waals surface area contributed by atoms with Crippen molar-refractivity contribution in [3.05, 3.63) is 0 Å². The Morgan fingerprint density at radius 1 is 1.00 bits per heavy atom. The van der Waals surface area contributed by atoms with Crippen molar-refractivity contribution in [1.29, 1.82) is 0 Å². The molecule has 0 saturated carbocycles. The summed E-state index contributed by atoms with van der Waals surface area (Å²) >= 11 is 0. The maximum absolute atomic E-state index is 5.72. The molecule has 3 heteroatoms. The highest BCUT2D eigenvalue weighted by molar-refractivity contribution is 4.85. The van der Waals surface area contributed by atoms with Gasteiger partial charge in [0.25, 0.3) is 0 Å². The average molecular weight is 213 g/mol. The first-order valence-corrected chi connectivity index (χ1v) is 6.13. The smallest absolute Gasteiger partial charge is 0.0641 e. The fourth-order valence-electron chi connectivity index (χ4n) is 2.57. The molecule has 0 radical (unpaired) electrons. The maximum atomic E-state index is 5.72. The molecule has 0 aromatic carbocycles. The van der Waals surface area contributed by atoms with E-state index < -0.39 is 0 Å². The third-order valence-corrected chi connectivity index (χ3v) is 3.39. The molecular formula is C12H23NO2. The molecule has 15 heavy (non-hydrogen) atoms. The number of nitrogens with one attached hydrogen (secondary N) is 1. The Hall–Kier alpha value is -0.120. The topological polar surface area (TPSA) is 30.5 Å². The van der Waals surface area contributed by atoms with E-state index in [1.807, 2.05) is 0 Å². The van der Waals surface area contributed by atoms with Gasteiger partial charge in [-0.2, -0.15) is 0 Å². The Bertz CT molecular complexity index is 200. The number of hydrogen-bond donors (Lipinski definition) is 1. The first kappa shape index (κ1) is 11.4. The zero-order chi connectivity index (χ0) is 10.7. The molecule has 2 saturated heterocycles. The molecule has 0 aromatic heterocycles. The van der Waals surface area contributed by atoms with Gasteiger partial charge in [-0.15, -0.1) is 0 Å². The predicted molar refractivity (Wildman–Crippen MR) is 60.0 cm³/mol. The molecule has 0 bridgehead atoms. The van der Waals surface area contributed by atoms with Crippen LogP contribution in [-0.4, -0.2) is 37.5 Å². The normalized spacial score (nSPS) is 32.8. The van der Waals surface area contributed by atoms with E-state index in [4.69, 9.17) is 9.47 Å². The van der Waals surface area contributed by atoms with Gasteiger partial charge in [-0.25, -0.2) is 0 Å². The van der Waals surface area contributed by atoms with Gasteiger partial charge in [-0.3, -0.25) is 0 Å². The predicted octanol–water partition coefficient (Wildman–Crippen LogP) is 1.71. The Morgan fingerprint density at radius 2 is 1.67 bits per heavy atom. The van der Waals surface area contributed by atoms with E-state index in [1.165, 1.54) is 0 Å². The first-order chi connectivity index (χ1) is 7.16. The minimum atomic E-state index is 0.0566. The summed E-state index contributed by atoms with van der Waals surface area (Å²) in [6.45, 7) is 7.11. The number of rotatable bonds is 2. The lowest BCUT2D eigenvalue weighted by atomic mass is 9.93. The van der Waals surface area contributed by atoms with E-state index in [0.29, 0.717) is 12.1 Å². The van der Waals surface area contributed by atoms with Gasteiger partial charge in [-0.1, -0.05) is 0 Å². The molecule has 0 aromatic rings. The number of ether oxygens (including phenoxy) is 2. The lowest BCUT2D eigenvalue weighted by Gasteiger charge is -2.38. The van der Waals surface area contributed by atoms with Crippen molar-refractivity contribution in [2.45, 2.75) is 57.2 Å². The molecule has 0 amide bonds. The van der Waals surface area contributed by atoms with Crippen LogP contribution >= 0.6 is 0 Å². The molecule has 0 aliphatic carbocycles. The molecule has 1 atom stereocenters. The fourth-order valence-corrected chi connectivity index (χ4v) is 2.57. The van der Waals surface area contributed by atoms with Crippen molar-refractivity contribution in [3.8, 4) is 0 Å². The first-order valence-electron chi connectivity index (χ1n) is 6.13. The van der Waals surface area contributed by atoms with Gasteiger partial charge in [-0.05, 0) is 39.5 Å². The second kappa shape index (κ2) is 4.81. The van der Waals surface area contributed by atoms with E-state index in [2.05, 4.69) is 19.2 Å². The van der Waals surface area contributed by atoms with Crippen LogP contribution in [-0.2, 0) is 9.47 Å². The van der Waals surface area contributed by atoms with Crippen LogP contribution < -0.4 is 5.32 Å². The minimum absolute atomic E-state index is 0.0566. The zero-order valence-corrected chi connectivity index (χ0v) is 9.92. The standard InChI is InChI=1S/C12H23NO2/c1-12(2)9-11(5-8-15-12)13-10-3-6-14-7-4-10/h10-11,13H,3-9H2,1-2H3. The van der Waals surface area contributed by atoms with Crippen molar-refractivity contribution >= 4 is 0 Å². The van der Waals surface area contributed by atoms with Crippen LogP contribution in [0.3, 0.4) is 0 Å². The second-order valence-corrected chi connectivity index (χ2v) is 5.35. The Morgan fingerprint density at radius 3 is 2.33 bits per heavy atom.